The zero-order valence-electron chi connectivity index (χ0n) is 22.3. The first kappa shape index (κ1) is 26.2. The Bertz CT molecular complexity index is 1410. The summed E-state index contributed by atoms with van der Waals surface area (Å²) in [6, 6.07) is 24.0. The molecule has 2 aliphatic rings. The topological polar surface area (TPSA) is 100 Å². The standard InChI is InChI=1S/C31H32N4O4/c1-31(2,3)39-30(38)32-24(19-20-11-6-4-7-12-20)28(36)34-27-29(37)35-18-17-22-15-10-16-23(26(22)35)25(33-27)21-13-8-5-9-14-21/h4-16,24,27H,17-19H2,1-3H3,(H,32,38)(H,34,36)/t24-,27?/m0/s1. The predicted molar refractivity (Wildman–Crippen MR) is 150 cm³/mol. The van der Waals surface area contributed by atoms with Crippen LogP contribution >= 0.6 is 0 Å². The lowest BCUT2D eigenvalue weighted by atomic mass is 9.98. The molecule has 0 fully saturated rings. The van der Waals surface area contributed by atoms with Crippen LogP contribution in [0.25, 0.3) is 0 Å². The van der Waals surface area contributed by atoms with Crippen molar-refractivity contribution in [2.45, 2.75) is 51.4 Å². The zero-order valence-corrected chi connectivity index (χ0v) is 22.3. The maximum Gasteiger partial charge on any atom is 0.408 e. The second-order valence-electron chi connectivity index (χ2n) is 10.7. The summed E-state index contributed by atoms with van der Waals surface area (Å²) in [4.78, 5) is 46.6. The van der Waals surface area contributed by atoms with E-state index in [0.717, 1.165) is 34.4 Å². The van der Waals surface area contributed by atoms with Crippen molar-refractivity contribution in [3.63, 3.8) is 0 Å². The molecule has 2 heterocycles. The van der Waals surface area contributed by atoms with Crippen LogP contribution < -0.4 is 15.5 Å². The number of para-hydroxylation sites is 1. The third-order valence-electron chi connectivity index (χ3n) is 6.62. The van der Waals surface area contributed by atoms with Crippen molar-refractivity contribution < 1.29 is 19.1 Å². The number of hydrogen-bond acceptors (Lipinski definition) is 5. The van der Waals surface area contributed by atoms with Gasteiger partial charge in [0, 0.05) is 24.1 Å². The van der Waals surface area contributed by atoms with Gasteiger partial charge in [-0.15, -0.1) is 0 Å². The molecule has 8 nitrogen and oxygen atoms in total. The van der Waals surface area contributed by atoms with Gasteiger partial charge >= 0.3 is 6.09 Å². The Morgan fingerprint density at radius 2 is 1.69 bits per heavy atom. The van der Waals surface area contributed by atoms with Crippen LogP contribution in [0.3, 0.4) is 0 Å². The molecule has 2 aliphatic heterocycles. The van der Waals surface area contributed by atoms with E-state index in [-0.39, 0.29) is 12.3 Å². The van der Waals surface area contributed by atoms with Crippen LogP contribution in [0.15, 0.2) is 83.9 Å². The number of carbonyl (C=O) groups is 3. The van der Waals surface area contributed by atoms with Gasteiger partial charge in [-0.25, -0.2) is 9.79 Å². The third-order valence-corrected chi connectivity index (χ3v) is 6.62. The van der Waals surface area contributed by atoms with Crippen LogP contribution in [0.4, 0.5) is 10.5 Å². The van der Waals surface area contributed by atoms with Gasteiger partial charge in [-0.05, 0) is 38.3 Å². The highest BCUT2D eigenvalue weighted by molar-refractivity contribution is 6.21. The van der Waals surface area contributed by atoms with E-state index in [2.05, 4.69) is 10.6 Å². The molecule has 1 unspecified atom stereocenters. The van der Waals surface area contributed by atoms with Gasteiger partial charge in [-0.3, -0.25) is 9.59 Å². The van der Waals surface area contributed by atoms with Gasteiger partial charge in [-0.1, -0.05) is 78.9 Å². The SMILES string of the molecule is CC(C)(C)OC(=O)N[C@@H](Cc1ccccc1)C(=O)NC1N=C(c2ccccc2)c2cccc3c2N(CC3)C1=O. The number of benzene rings is 3. The van der Waals surface area contributed by atoms with Gasteiger partial charge in [0.15, 0.2) is 0 Å². The van der Waals surface area contributed by atoms with Gasteiger partial charge in [0.25, 0.3) is 5.91 Å². The van der Waals surface area contributed by atoms with E-state index in [1.54, 1.807) is 25.7 Å². The van der Waals surface area contributed by atoms with Crippen molar-refractivity contribution >= 4 is 29.3 Å². The Balaban J connectivity index is 1.48. The molecule has 0 aliphatic carbocycles. The summed E-state index contributed by atoms with van der Waals surface area (Å²) < 4.78 is 5.41. The first-order valence-electron chi connectivity index (χ1n) is 13.1. The van der Waals surface area contributed by atoms with Crippen LogP contribution in [0.5, 0.6) is 0 Å². The van der Waals surface area contributed by atoms with Crippen LogP contribution in [-0.2, 0) is 27.2 Å². The number of aliphatic imine (C=N–C) groups is 1. The minimum Gasteiger partial charge on any atom is -0.444 e. The van der Waals surface area contributed by atoms with Crippen LogP contribution in [0.2, 0.25) is 0 Å². The molecule has 5 rings (SSSR count). The highest BCUT2D eigenvalue weighted by atomic mass is 16.6. The molecule has 0 aromatic heterocycles. The summed E-state index contributed by atoms with van der Waals surface area (Å²) in [5.41, 5.74) is 4.37. The number of nitrogens with one attached hydrogen (secondary N) is 2. The van der Waals surface area contributed by atoms with E-state index < -0.39 is 29.8 Å². The van der Waals surface area contributed by atoms with Crippen LogP contribution in [0.1, 0.15) is 43.0 Å². The van der Waals surface area contributed by atoms with Crippen molar-refractivity contribution in [1.29, 1.82) is 0 Å². The van der Waals surface area contributed by atoms with Gasteiger partial charge in [0.2, 0.25) is 12.1 Å². The normalized spacial score (nSPS) is 17.0. The minimum atomic E-state index is -1.16. The van der Waals surface area contributed by atoms with Gasteiger partial charge in [-0.2, -0.15) is 0 Å². The van der Waals surface area contributed by atoms with Crippen LogP contribution in [0, 0.1) is 0 Å². The first-order chi connectivity index (χ1) is 18.7. The molecule has 3 aromatic carbocycles. The number of hydrogen-bond donors (Lipinski definition) is 2. The van der Waals surface area contributed by atoms with Gasteiger partial charge in [0.05, 0.1) is 11.4 Å². The monoisotopic (exact) mass is 524 g/mol. The third kappa shape index (κ3) is 5.85. The molecule has 0 saturated heterocycles. The highest BCUT2D eigenvalue weighted by Gasteiger charge is 2.38. The second-order valence-corrected chi connectivity index (χ2v) is 10.7. The Morgan fingerprint density at radius 3 is 2.38 bits per heavy atom. The maximum atomic E-state index is 13.8. The molecule has 39 heavy (non-hydrogen) atoms. The van der Waals surface area contributed by atoms with E-state index in [1.165, 1.54) is 0 Å². The Hall–Kier alpha value is -4.46. The maximum absolute atomic E-state index is 13.8. The molecular formula is C31H32N4O4. The Morgan fingerprint density at radius 1 is 1.00 bits per heavy atom. The van der Waals surface area contributed by atoms with Crippen molar-refractivity contribution in [3.8, 4) is 0 Å². The van der Waals surface area contributed by atoms with Crippen LogP contribution in [-0.4, -0.2) is 48.0 Å². The van der Waals surface area contributed by atoms with Crippen molar-refractivity contribution in [2.24, 2.45) is 4.99 Å². The summed E-state index contributed by atoms with van der Waals surface area (Å²) in [5, 5.41) is 5.52. The zero-order chi connectivity index (χ0) is 27.6. The molecule has 2 N–H and O–H groups in total. The number of rotatable bonds is 6. The fourth-order valence-electron chi connectivity index (χ4n) is 4.93. The first-order valence-corrected chi connectivity index (χ1v) is 13.1. The molecule has 0 radical (unpaired) electrons. The molecular weight excluding hydrogens is 492 g/mol. The largest absolute Gasteiger partial charge is 0.444 e. The van der Waals surface area contributed by atoms with Crippen molar-refractivity contribution in [2.75, 3.05) is 11.4 Å². The lowest BCUT2D eigenvalue weighted by Gasteiger charge is -2.25. The smallest absolute Gasteiger partial charge is 0.408 e. The quantitative estimate of drug-likeness (QED) is 0.509. The van der Waals surface area contributed by atoms with E-state index in [9.17, 15) is 14.4 Å². The van der Waals surface area contributed by atoms with E-state index in [0.29, 0.717) is 12.3 Å². The fraction of sp³-hybridized carbons (Fsp3) is 0.290. The second kappa shape index (κ2) is 10.7. The molecule has 0 spiro atoms. The van der Waals surface area contributed by atoms with Gasteiger partial charge < -0.3 is 20.3 Å². The molecule has 3 amide bonds. The molecule has 2 atom stereocenters. The molecule has 8 heteroatoms. The summed E-state index contributed by atoms with van der Waals surface area (Å²) >= 11 is 0. The van der Waals surface area contributed by atoms with Crippen molar-refractivity contribution in [3.05, 3.63) is 101 Å². The number of alkyl carbamates (subject to hydrolysis) is 1. The predicted octanol–water partition coefficient (Wildman–Crippen LogP) is 4.01. The highest BCUT2D eigenvalue weighted by Crippen LogP contribution is 2.36. The van der Waals surface area contributed by atoms with E-state index in [4.69, 9.17) is 9.73 Å². The van der Waals surface area contributed by atoms with E-state index >= 15 is 0 Å². The van der Waals surface area contributed by atoms with E-state index in [1.807, 2.05) is 78.9 Å². The summed E-state index contributed by atoms with van der Waals surface area (Å²) in [6.45, 7) is 5.78. The fourth-order valence-corrected chi connectivity index (χ4v) is 4.93. The average Bonchev–Trinajstić information content (AvgIpc) is 3.30. The lowest BCUT2D eigenvalue weighted by Crippen LogP contribution is -2.54. The number of ether oxygens (including phenoxy) is 1. The van der Waals surface area contributed by atoms with Crippen molar-refractivity contribution in [1.82, 2.24) is 10.6 Å². The molecule has 3 aromatic rings. The molecule has 200 valence electrons. The Kier molecular flexibility index (Phi) is 7.19. The minimum absolute atomic E-state index is 0.218. The number of nitrogens with zero attached hydrogens (tertiary/aromatic N) is 2. The average molecular weight is 525 g/mol. The number of carbonyl (C=O) groups excluding carboxylic acids is 3. The van der Waals surface area contributed by atoms with Gasteiger partial charge in [0.1, 0.15) is 11.6 Å². The lowest BCUT2D eigenvalue weighted by molar-refractivity contribution is -0.128. The summed E-state index contributed by atoms with van der Waals surface area (Å²) in [5.74, 6) is -0.833. The number of amides is 3. The summed E-state index contributed by atoms with van der Waals surface area (Å²) in [7, 11) is 0. The summed E-state index contributed by atoms with van der Waals surface area (Å²) in [6.07, 6.45) is -0.925. The molecule has 0 bridgehead atoms. The number of anilines is 1. The Labute approximate surface area is 228 Å². The molecule has 0 saturated carbocycles.